The summed E-state index contributed by atoms with van der Waals surface area (Å²) < 4.78 is 0.528. The summed E-state index contributed by atoms with van der Waals surface area (Å²) in [5.74, 6) is 2.22. The first kappa shape index (κ1) is 9.05. The molecule has 2 heteroatoms. The van der Waals surface area contributed by atoms with Crippen molar-refractivity contribution in [1.82, 2.24) is 5.32 Å². The molecule has 2 fully saturated rings. The van der Waals surface area contributed by atoms with Crippen LogP contribution < -0.4 is 5.32 Å². The summed E-state index contributed by atoms with van der Waals surface area (Å²) >= 11 is 2.22. The molecule has 1 N–H and O–H groups in total. The molecule has 3 rings (SSSR count). The summed E-state index contributed by atoms with van der Waals surface area (Å²) in [5.41, 5.74) is 1.76. The van der Waals surface area contributed by atoms with E-state index < -0.39 is 0 Å². The Balaban J connectivity index is 1.92. The largest absolute Gasteiger partial charge is 0.317 e. The number of fused-ring (bicyclic) bond motifs is 2. The summed E-state index contributed by atoms with van der Waals surface area (Å²) in [4.78, 5) is 0. The summed E-state index contributed by atoms with van der Waals surface area (Å²) in [6.07, 6.45) is 11.0. The molecule has 0 saturated carbocycles. The number of hydrogen-bond acceptors (Lipinski definition) is 2. The third kappa shape index (κ3) is 1.28. The van der Waals surface area contributed by atoms with Crippen molar-refractivity contribution in [3.63, 3.8) is 0 Å². The Morgan fingerprint density at radius 1 is 1.36 bits per heavy atom. The van der Waals surface area contributed by atoms with Crippen LogP contribution >= 0.6 is 11.8 Å². The predicted octanol–water partition coefficient (Wildman–Crippen LogP) is 2.36. The summed E-state index contributed by atoms with van der Waals surface area (Å²) in [5, 5.41) is 3.47. The molecule has 14 heavy (non-hydrogen) atoms. The van der Waals surface area contributed by atoms with Gasteiger partial charge in [0.2, 0.25) is 0 Å². The van der Waals surface area contributed by atoms with Crippen LogP contribution in [0, 0.1) is 5.92 Å². The lowest BCUT2D eigenvalue weighted by atomic mass is 9.79. The molecule has 0 aromatic rings. The molecule has 0 aromatic carbocycles. The van der Waals surface area contributed by atoms with Crippen LogP contribution in [0.1, 0.15) is 19.3 Å². The van der Waals surface area contributed by atoms with Gasteiger partial charge in [-0.1, -0.05) is 18.2 Å². The molecule has 0 amide bonds. The van der Waals surface area contributed by atoms with Crippen LogP contribution in [-0.2, 0) is 0 Å². The quantitative estimate of drug-likeness (QED) is 0.654. The first-order valence-corrected chi connectivity index (χ1v) is 6.61. The van der Waals surface area contributed by atoms with Crippen LogP contribution in [0.2, 0.25) is 0 Å². The Morgan fingerprint density at radius 3 is 3.07 bits per heavy atom. The second-order valence-corrected chi connectivity index (χ2v) is 5.94. The minimum Gasteiger partial charge on any atom is -0.317 e. The molecular weight excluding hydrogens is 190 g/mol. The van der Waals surface area contributed by atoms with Gasteiger partial charge in [0.1, 0.15) is 0 Å². The van der Waals surface area contributed by atoms with Crippen molar-refractivity contribution in [2.75, 3.05) is 18.8 Å². The van der Waals surface area contributed by atoms with Gasteiger partial charge < -0.3 is 5.32 Å². The molecule has 1 atom stereocenters. The van der Waals surface area contributed by atoms with E-state index in [2.05, 4.69) is 35.3 Å². The van der Waals surface area contributed by atoms with Crippen LogP contribution in [-0.4, -0.2) is 23.6 Å². The summed E-state index contributed by atoms with van der Waals surface area (Å²) in [7, 11) is 0. The van der Waals surface area contributed by atoms with Gasteiger partial charge in [0.05, 0.1) is 0 Å². The maximum atomic E-state index is 3.47. The van der Waals surface area contributed by atoms with Crippen molar-refractivity contribution in [2.45, 2.75) is 24.0 Å². The van der Waals surface area contributed by atoms with E-state index >= 15 is 0 Å². The zero-order valence-corrected chi connectivity index (χ0v) is 9.28. The third-order valence-corrected chi connectivity index (χ3v) is 5.54. The van der Waals surface area contributed by atoms with E-state index in [1.165, 1.54) is 38.1 Å². The molecule has 76 valence electrons. The van der Waals surface area contributed by atoms with E-state index in [1.54, 1.807) is 5.57 Å². The van der Waals surface area contributed by atoms with E-state index in [1.807, 2.05) is 0 Å². The highest BCUT2D eigenvalue weighted by Crippen LogP contribution is 2.52. The molecule has 0 aromatic heterocycles. The number of thioether (sulfide) groups is 1. The fourth-order valence-electron chi connectivity index (χ4n) is 2.97. The van der Waals surface area contributed by atoms with Gasteiger partial charge in [-0.15, -0.1) is 11.8 Å². The lowest BCUT2D eigenvalue weighted by molar-refractivity contribution is 0.440. The predicted molar refractivity (Wildman–Crippen MR) is 62.6 cm³/mol. The first-order valence-electron chi connectivity index (χ1n) is 5.63. The van der Waals surface area contributed by atoms with Crippen molar-refractivity contribution in [1.29, 1.82) is 0 Å². The molecule has 2 heterocycles. The fraction of sp³-hybridized carbons (Fsp3) is 0.667. The van der Waals surface area contributed by atoms with Gasteiger partial charge in [0.15, 0.2) is 0 Å². The van der Waals surface area contributed by atoms with Crippen molar-refractivity contribution in [3.05, 3.63) is 23.8 Å². The Labute approximate surface area is 90.0 Å². The molecule has 2 aliphatic heterocycles. The number of piperidine rings is 1. The van der Waals surface area contributed by atoms with Gasteiger partial charge in [0.25, 0.3) is 0 Å². The van der Waals surface area contributed by atoms with Crippen molar-refractivity contribution in [2.24, 2.45) is 5.92 Å². The molecule has 1 aliphatic carbocycles. The average molecular weight is 207 g/mol. The smallest absolute Gasteiger partial charge is 0.0398 e. The highest BCUT2D eigenvalue weighted by Gasteiger charge is 2.44. The first-order chi connectivity index (χ1) is 6.91. The maximum Gasteiger partial charge on any atom is 0.0398 e. The second-order valence-electron chi connectivity index (χ2n) is 4.54. The van der Waals surface area contributed by atoms with Crippen molar-refractivity contribution >= 4 is 11.8 Å². The Bertz CT molecular complexity index is 281. The minimum atomic E-state index is 0.528. The maximum absolute atomic E-state index is 3.47. The topological polar surface area (TPSA) is 12.0 Å². The van der Waals surface area contributed by atoms with Gasteiger partial charge in [-0.2, -0.15) is 0 Å². The van der Waals surface area contributed by atoms with Gasteiger partial charge >= 0.3 is 0 Å². The van der Waals surface area contributed by atoms with Crippen LogP contribution in [0.4, 0.5) is 0 Å². The van der Waals surface area contributed by atoms with E-state index in [0.29, 0.717) is 4.75 Å². The normalized spacial score (nSPS) is 34.3. The molecule has 2 saturated heterocycles. The number of allylic oxidation sites excluding steroid dienone is 3. The fourth-order valence-corrected chi connectivity index (χ4v) is 4.70. The molecule has 0 bridgehead atoms. The standard InChI is InChI=1S/C12H17NS/c1-2-4-11-10(3-1)9-14-12(11)5-7-13-8-6-12/h1-2,4,10,13H,3,5-9H2. The zero-order chi connectivity index (χ0) is 9.43. The number of hydrogen-bond donors (Lipinski definition) is 1. The van der Waals surface area contributed by atoms with E-state index in [9.17, 15) is 0 Å². The Hall–Kier alpha value is -0.210. The Kier molecular flexibility index (Phi) is 2.21. The molecule has 1 unspecified atom stereocenters. The lowest BCUT2D eigenvalue weighted by Crippen LogP contribution is -2.39. The Morgan fingerprint density at radius 2 is 2.21 bits per heavy atom. The SMILES string of the molecule is C1=CCC2CSC3(CCNCC3)C2=C1. The summed E-state index contributed by atoms with van der Waals surface area (Å²) in [6, 6.07) is 0. The average Bonchev–Trinajstić information content (AvgIpc) is 2.60. The van der Waals surface area contributed by atoms with Crippen LogP contribution in [0.3, 0.4) is 0 Å². The monoisotopic (exact) mass is 207 g/mol. The van der Waals surface area contributed by atoms with Crippen LogP contribution in [0.25, 0.3) is 0 Å². The number of nitrogens with one attached hydrogen (secondary N) is 1. The molecule has 3 aliphatic rings. The van der Waals surface area contributed by atoms with Crippen LogP contribution in [0.5, 0.6) is 0 Å². The molecule has 1 nitrogen and oxygen atoms in total. The minimum absolute atomic E-state index is 0.528. The van der Waals surface area contributed by atoms with Crippen LogP contribution in [0.15, 0.2) is 23.8 Å². The van der Waals surface area contributed by atoms with Crippen molar-refractivity contribution < 1.29 is 0 Å². The zero-order valence-electron chi connectivity index (χ0n) is 8.46. The van der Waals surface area contributed by atoms with Gasteiger partial charge in [-0.05, 0) is 43.8 Å². The van der Waals surface area contributed by atoms with Gasteiger partial charge in [-0.25, -0.2) is 0 Å². The second kappa shape index (κ2) is 3.42. The molecule has 0 radical (unpaired) electrons. The van der Waals surface area contributed by atoms with Crippen molar-refractivity contribution in [3.8, 4) is 0 Å². The highest BCUT2D eigenvalue weighted by molar-refractivity contribution is 8.01. The van der Waals surface area contributed by atoms with E-state index in [0.717, 1.165) is 5.92 Å². The third-order valence-electron chi connectivity index (χ3n) is 3.77. The summed E-state index contributed by atoms with van der Waals surface area (Å²) in [6.45, 7) is 2.42. The highest BCUT2D eigenvalue weighted by atomic mass is 32.2. The molecular formula is C12H17NS. The molecule has 1 spiro atoms. The van der Waals surface area contributed by atoms with Gasteiger partial charge in [0, 0.05) is 10.5 Å². The van der Waals surface area contributed by atoms with Gasteiger partial charge in [-0.3, -0.25) is 0 Å². The van der Waals surface area contributed by atoms with E-state index in [-0.39, 0.29) is 0 Å². The van der Waals surface area contributed by atoms with E-state index in [4.69, 9.17) is 0 Å². The lowest BCUT2D eigenvalue weighted by Gasteiger charge is -2.36. The number of rotatable bonds is 0.